The van der Waals surface area contributed by atoms with Crippen molar-refractivity contribution in [3.05, 3.63) is 100 Å². The molecule has 0 spiro atoms. The number of nitrogens with one attached hydrogen (secondary N) is 2. The van der Waals surface area contributed by atoms with Crippen molar-refractivity contribution in [2.75, 3.05) is 29.6 Å². The van der Waals surface area contributed by atoms with E-state index in [1.54, 1.807) is 0 Å². The van der Waals surface area contributed by atoms with Gasteiger partial charge in [0, 0.05) is 18.1 Å². The monoisotopic (exact) mass is 911 g/mol. The van der Waals surface area contributed by atoms with Crippen molar-refractivity contribution in [1.82, 2.24) is 20.5 Å². The number of hydrogen-bond donors (Lipinski definition) is 2. The molecule has 2 saturated heterocycles. The Hall–Kier alpha value is -7.48. The first-order chi connectivity index (χ1) is 30.1. The second-order valence-electron chi connectivity index (χ2n) is 14.7. The molecule has 0 saturated carbocycles. The van der Waals surface area contributed by atoms with E-state index in [2.05, 4.69) is 15.6 Å². The average Bonchev–Trinajstić information content (AvgIpc) is 3.57. The zero-order valence-corrected chi connectivity index (χ0v) is 33.7. The van der Waals surface area contributed by atoms with Gasteiger partial charge in [-0.3, -0.25) is 48.9 Å². The molecule has 0 aliphatic carbocycles. The SMILES string of the molecule is CC1(C)C(=O)N(c2ccc(C#N)c(C(F)(F)F)c2F)C(=S)N1c1cnc(-c2cc(F)c(OCCNC(=O)COc3ccc4c(c3)C(=O)N(C3CCC(=O)NC3=O)C4=O)c(F)c2)c(F)c1. The molecule has 330 valence electrons. The molecule has 3 aromatic carbocycles. The largest absolute Gasteiger partial charge is 0.486 e. The maximum absolute atomic E-state index is 15.7. The number of nitriles is 1. The first-order valence-electron chi connectivity index (χ1n) is 18.7. The van der Waals surface area contributed by atoms with Crippen LogP contribution in [0.1, 0.15) is 58.5 Å². The van der Waals surface area contributed by atoms with E-state index in [-0.39, 0.29) is 42.0 Å². The first kappa shape index (κ1) is 44.6. The molecule has 3 aliphatic heterocycles. The van der Waals surface area contributed by atoms with Crippen LogP contribution in [-0.4, -0.2) is 81.8 Å². The number of carbonyl (C=O) groups excluding carboxylic acids is 6. The highest BCUT2D eigenvalue weighted by Gasteiger charge is 2.52. The van der Waals surface area contributed by atoms with Crippen molar-refractivity contribution in [2.24, 2.45) is 0 Å². The van der Waals surface area contributed by atoms with E-state index in [9.17, 15) is 41.9 Å². The predicted molar refractivity (Wildman–Crippen MR) is 209 cm³/mol. The van der Waals surface area contributed by atoms with E-state index >= 15 is 17.6 Å². The minimum atomic E-state index is -5.32. The highest BCUT2D eigenvalue weighted by atomic mass is 32.1. The zero-order chi connectivity index (χ0) is 46.6. The van der Waals surface area contributed by atoms with Crippen LogP contribution in [0, 0.1) is 34.6 Å². The Morgan fingerprint density at radius 2 is 1.66 bits per heavy atom. The van der Waals surface area contributed by atoms with E-state index in [0.29, 0.717) is 23.1 Å². The molecule has 1 aromatic heterocycles. The minimum absolute atomic E-state index is 0.00647. The van der Waals surface area contributed by atoms with Crippen LogP contribution in [0.3, 0.4) is 0 Å². The van der Waals surface area contributed by atoms with Crippen molar-refractivity contribution in [1.29, 1.82) is 5.26 Å². The lowest BCUT2D eigenvalue weighted by Crippen LogP contribution is -2.54. The number of alkyl halides is 3. The number of benzene rings is 3. The quantitative estimate of drug-likeness (QED) is 0.0879. The molecule has 0 radical (unpaired) electrons. The fourth-order valence-electron chi connectivity index (χ4n) is 7.23. The molecule has 2 N–H and O–H groups in total. The fraction of sp³-hybridized carbons (Fsp3) is 0.244. The molecule has 1 atom stereocenters. The summed E-state index contributed by atoms with van der Waals surface area (Å²) in [5.74, 6) is -11.1. The number of carbonyl (C=O) groups is 6. The van der Waals surface area contributed by atoms with Gasteiger partial charge in [0.25, 0.3) is 23.6 Å². The first-order valence-corrected chi connectivity index (χ1v) is 19.1. The number of thiocarbonyl (C=S) groups is 1. The van der Waals surface area contributed by atoms with Gasteiger partial charge in [0.1, 0.15) is 35.2 Å². The normalized spacial score (nSPS) is 17.1. The lowest BCUT2D eigenvalue weighted by Gasteiger charge is -2.29. The maximum atomic E-state index is 15.7. The molecule has 1 unspecified atom stereocenters. The smallest absolute Gasteiger partial charge is 0.420 e. The summed E-state index contributed by atoms with van der Waals surface area (Å²) in [6, 6.07) is 7.54. The molecule has 7 rings (SSSR count). The van der Waals surface area contributed by atoms with Crippen LogP contribution in [0.15, 0.2) is 54.7 Å². The molecule has 4 heterocycles. The number of fused-ring (bicyclic) bond motifs is 1. The van der Waals surface area contributed by atoms with E-state index < -0.39 is 129 Å². The number of ether oxygens (including phenoxy) is 2. The molecule has 4 aromatic rings. The minimum Gasteiger partial charge on any atom is -0.486 e. The second kappa shape index (κ2) is 16.7. The van der Waals surface area contributed by atoms with Gasteiger partial charge in [-0.15, -0.1) is 0 Å². The third-order valence-corrected chi connectivity index (χ3v) is 10.6. The van der Waals surface area contributed by atoms with Gasteiger partial charge in [-0.25, -0.2) is 17.6 Å². The summed E-state index contributed by atoms with van der Waals surface area (Å²) < 4.78 is 113. The standard InChI is InChI=1S/C41H28F7N7O8S/c1-40(2)38(61)54(27-6-3-18(15-49)31(32(27)45)41(46,47)48)39(64)55(40)20-13-24(42)33(51-16-20)19-11-25(43)34(26(44)12-19)62-10-9-50-30(57)17-63-21-4-5-22-23(14-21)37(60)53(36(22)59)28-7-8-29(56)52-35(28)58/h3-6,11-14,16,28H,7-10,17H2,1-2H3,(H,50,57)(H,52,56,58). The molecule has 0 bridgehead atoms. The molecule has 15 nitrogen and oxygen atoms in total. The van der Waals surface area contributed by atoms with Crippen LogP contribution >= 0.6 is 12.2 Å². The summed E-state index contributed by atoms with van der Waals surface area (Å²) >= 11 is 5.35. The maximum Gasteiger partial charge on any atom is 0.420 e. The summed E-state index contributed by atoms with van der Waals surface area (Å²) in [6.45, 7) is 1.20. The molecule has 2 fully saturated rings. The Balaban J connectivity index is 0.961. The zero-order valence-electron chi connectivity index (χ0n) is 32.9. The van der Waals surface area contributed by atoms with Gasteiger partial charge >= 0.3 is 6.18 Å². The third kappa shape index (κ3) is 7.91. The van der Waals surface area contributed by atoms with E-state index in [0.717, 1.165) is 28.1 Å². The number of anilines is 2. The topological polar surface area (TPSA) is 191 Å². The van der Waals surface area contributed by atoms with Gasteiger partial charge in [-0.05, 0) is 75.0 Å². The van der Waals surface area contributed by atoms with Crippen LogP contribution in [0.5, 0.6) is 11.5 Å². The van der Waals surface area contributed by atoms with Crippen molar-refractivity contribution >= 4 is 64.1 Å². The number of nitrogens with zero attached hydrogens (tertiary/aromatic N) is 5. The van der Waals surface area contributed by atoms with Crippen LogP contribution in [0.4, 0.5) is 42.1 Å². The van der Waals surface area contributed by atoms with Crippen molar-refractivity contribution in [3.63, 3.8) is 0 Å². The number of imide groups is 2. The summed E-state index contributed by atoms with van der Waals surface area (Å²) in [7, 11) is 0. The Labute approximate surface area is 361 Å². The van der Waals surface area contributed by atoms with Crippen LogP contribution in [0.25, 0.3) is 11.3 Å². The molecule has 64 heavy (non-hydrogen) atoms. The molecular formula is C41H28F7N7O8S. The van der Waals surface area contributed by atoms with Crippen molar-refractivity contribution in [3.8, 4) is 28.8 Å². The Bertz CT molecular complexity index is 2760. The highest BCUT2D eigenvalue weighted by Crippen LogP contribution is 2.42. The van der Waals surface area contributed by atoms with Crippen LogP contribution < -0.4 is 29.9 Å². The second-order valence-corrected chi connectivity index (χ2v) is 15.0. The van der Waals surface area contributed by atoms with Gasteiger partial charge in [0.2, 0.25) is 11.8 Å². The van der Waals surface area contributed by atoms with E-state index in [4.69, 9.17) is 27.0 Å². The van der Waals surface area contributed by atoms with Crippen LogP contribution in [0.2, 0.25) is 0 Å². The summed E-state index contributed by atoms with van der Waals surface area (Å²) in [4.78, 5) is 81.8. The molecule has 6 amide bonds. The number of piperidine rings is 1. The Morgan fingerprint density at radius 1 is 0.969 bits per heavy atom. The van der Waals surface area contributed by atoms with Crippen molar-refractivity contribution in [2.45, 2.75) is 44.4 Å². The number of halogens is 7. The fourth-order valence-corrected chi connectivity index (χ4v) is 7.74. The third-order valence-electron chi connectivity index (χ3n) is 10.2. The van der Waals surface area contributed by atoms with Crippen molar-refractivity contribution < 1.29 is 69.0 Å². The van der Waals surface area contributed by atoms with Gasteiger partial charge in [-0.2, -0.15) is 18.4 Å². The Kier molecular flexibility index (Phi) is 11.6. The molecular weight excluding hydrogens is 884 g/mol. The molecule has 23 heteroatoms. The average molecular weight is 912 g/mol. The number of aromatic nitrogens is 1. The van der Waals surface area contributed by atoms with E-state index in [1.165, 1.54) is 38.1 Å². The lowest BCUT2D eigenvalue weighted by atomic mass is 10.0. The highest BCUT2D eigenvalue weighted by molar-refractivity contribution is 7.81. The predicted octanol–water partition coefficient (Wildman–Crippen LogP) is 5.09. The van der Waals surface area contributed by atoms with Gasteiger partial charge in [0.05, 0.1) is 46.9 Å². The van der Waals surface area contributed by atoms with Gasteiger partial charge in [0.15, 0.2) is 40.7 Å². The van der Waals surface area contributed by atoms with Gasteiger partial charge < -0.3 is 19.7 Å². The summed E-state index contributed by atoms with van der Waals surface area (Å²) in [5.41, 5.74) is -6.93. The number of amides is 6. The number of rotatable bonds is 11. The Morgan fingerprint density at radius 3 is 2.30 bits per heavy atom. The van der Waals surface area contributed by atoms with E-state index in [1.807, 2.05) is 0 Å². The number of pyridine rings is 1. The van der Waals surface area contributed by atoms with Crippen LogP contribution in [-0.2, 0) is 25.4 Å². The lowest BCUT2D eigenvalue weighted by molar-refractivity contribution is -0.140. The summed E-state index contributed by atoms with van der Waals surface area (Å²) in [6.07, 6.45) is -4.45. The van der Waals surface area contributed by atoms with Gasteiger partial charge in [-0.1, -0.05) is 0 Å². The number of hydrogen-bond acceptors (Lipinski definition) is 11. The molecule has 3 aliphatic rings. The summed E-state index contributed by atoms with van der Waals surface area (Å²) in [5, 5.41) is 13.0.